The van der Waals surface area contributed by atoms with Crippen LogP contribution < -0.4 is 5.32 Å². The van der Waals surface area contributed by atoms with Crippen molar-refractivity contribution in [2.75, 3.05) is 32.8 Å². The second-order valence-electron chi connectivity index (χ2n) is 6.87. The van der Waals surface area contributed by atoms with Gasteiger partial charge in [0.05, 0.1) is 12.7 Å². The smallest absolute Gasteiger partial charge is 0.0730 e. The minimum Gasteiger partial charge on any atom is -0.375 e. The van der Waals surface area contributed by atoms with Crippen molar-refractivity contribution in [3.05, 3.63) is 0 Å². The summed E-state index contributed by atoms with van der Waals surface area (Å²) < 4.78 is 6.01. The molecule has 3 fully saturated rings. The van der Waals surface area contributed by atoms with Crippen molar-refractivity contribution >= 4 is 0 Å². The van der Waals surface area contributed by atoms with Crippen molar-refractivity contribution in [3.63, 3.8) is 0 Å². The maximum Gasteiger partial charge on any atom is 0.0730 e. The van der Waals surface area contributed by atoms with Crippen molar-refractivity contribution in [3.8, 4) is 0 Å². The van der Waals surface area contributed by atoms with E-state index in [2.05, 4.69) is 17.1 Å². The molecule has 0 radical (unpaired) electrons. The summed E-state index contributed by atoms with van der Waals surface area (Å²) in [6.07, 6.45) is 10.0. The van der Waals surface area contributed by atoms with E-state index in [1.165, 1.54) is 64.6 Å². The number of nitrogens with one attached hydrogen (secondary N) is 1. The molecule has 3 atom stereocenters. The van der Waals surface area contributed by atoms with Crippen LogP contribution in [-0.2, 0) is 4.74 Å². The highest BCUT2D eigenvalue weighted by atomic mass is 16.5. The molecule has 0 aromatic rings. The maximum absolute atomic E-state index is 6.01. The number of hydrogen-bond acceptors (Lipinski definition) is 3. The molecule has 0 aromatic heterocycles. The second kappa shape index (κ2) is 6.11. The van der Waals surface area contributed by atoms with Crippen LogP contribution in [0.2, 0.25) is 0 Å². The first-order valence-electron chi connectivity index (χ1n) is 8.39. The van der Waals surface area contributed by atoms with Gasteiger partial charge in [0.15, 0.2) is 0 Å². The lowest BCUT2D eigenvalue weighted by Crippen LogP contribution is -2.57. The van der Waals surface area contributed by atoms with E-state index >= 15 is 0 Å². The quantitative estimate of drug-likeness (QED) is 0.849. The van der Waals surface area contributed by atoms with E-state index in [1.54, 1.807) is 0 Å². The molecule has 2 aliphatic heterocycles. The molecule has 3 unspecified atom stereocenters. The van der Waals surface area contributed by atoms with Gasteiger partial charge in [0.25, 0.3) is 0 Å². The lowest BCUT2D eigenvalue weighted by Gasteiger charge is -2.49. The molecular weight excluding hydrogens is 236 g/mol. The molecule has 0 aromatic carbocycles. The van der Waals surface area contributed by atoms with Crippen LogP contribution in [0.15, 0.2) is 0 Å². The van der Waals surface area contributed by atoms with Gasteiger partial charge in [-0.3, -0.25) is 4.90 Å². The molecule has 3 heteroatoms. The van der Waals surface area contributed by atoms with Gasteiger partial charge in [-0.15, -0.1) is 0 Å². The van der Waals surface area contributed by atoms with Crippen LogP contribution in [0.1, 0.15) is 51.9 Å². The van der Waals surface area contributed by atoms with Crippen LogP contribution in [0.3, 0.4) is 0 Å². The number of morpholine rings is 1. The zero-order valence-corrected chi connectivity index (χ0v) is 12.5. The number of rotatable bonds is 3. The van der Waals surface area contributed by atoms with Crippen LogP contribution in [0.4, 0.5) is 0 Å². The molecule has 0 bridgehead atoms. The summed E-state index contributed by atoms with van der Waals surface area (Å²) in [5.74, 6) is 0. The van der Waals surface area contributed by atoms with Crippen molar-refractivity contribution in [2.45, 2.75) is 64.0 Å². The highest BCUT2D eigenvalue weighted by molar-refractivity contribution is 4.93. The molecule has 1 N–H and O–H groups in total. The molecule has 3 aliphatic rings. The van der Waals surface area contributed by atoms with Gasteiger partial charge in [-0.2, -0.15) is 0 Å². The van der Waals surface area contributed by atoms with E-state index in [1.807, 2.05) is 0 Å². The minimum absolute atomic E-state index is 0.525. The number of hydrogen-bond donors (Lipinski definition) is 1. The fourth-order valence-electron chi connectivity index (χ4n) is 4.38. The molecule has 1 saturated carbocycles. The predicted molar refractivity (Wildman–Crippen MR) is 78.4 cm³/mol. The zero-order valence-electron chi connectivity index (χ0n) is 12.5. The number of piperidine rings is 1. The fraction of sp³-hybridized carbons (Fsp3) is 1.00. The highest BCUT2D eigenvalue weighted by Crippen LogP contribution is 2.35. The Morgan fingerprint density at radius 1 is 1.26 bits per heavy atom. The minimum atomic E-state index is 0.525. The van der Waals surface area contributed by atoms with Crippen LogP contribution in [0, 0.1) is 5.41 Å². The number of ether oxygens (including phenoxy) is 1. The summed E-state index contributed by atoms with van der Waals surface area (Å²) in [6, 6.07) is 0.716. The Kier molecular flexibility index (Phi) is 4.45. The fourth-order valence-corrected chi connectivity index (χ4v) is 4.38. The third kappa shape index (κ3) is 2.98. The molecule has 110 valence electrons. The van der Waals surface area contributed by atoms with Gasteiger partial charge >= 0.3 is 0 Å². The Morgan fingerprint density at radius 2 is 2.16 bits per heavy atom. The SMILES string of the molecule is CCC1(CN2CCOC3CCCCC32)CCCNC1. The lowest BCUT2D eigenvalue weighted by atomic mass is 9.77. The average Bonchev–Trinajstić information content (AvgIpc) is 2.49. The van der Waals surface area contributed by atoms with Crippen LogP contribution in [0.25, 0.3) is 0 Å². The van der Waals surface area contributed by atoms with E-state index < -0.39 is 0 Å². The van der Waals surface area contributed by atoms with Gasteiger partial charge in [-0.25, -0.2) is 0 Å². The van der Waals surface area contributed by atoms with Gasteiger partial charge in [-0.05, 0) is 44.1 Å². The molecule has 0 amide bonds. The van der Waals surface area contributed by atoms with Crippen LogP contribution in [0.5, 0.6) is 0 Å². The molecule has 2 heterocycles. The van der Waals surface area contributed by atoms with E-state index in [4.69, 9.17) is 4.74 Å². The molecule has 3 rings (SSSR count). The Bertz CT molecular complexity index is 286. The van der Waals surface area contributed by atoms with E-state index in [0.29, 0.717) is 17.6 Å². The Labute approximate surface area is 118 Å². The number of nitrogens with zero attached hydrogens (tertiary/aromatic N) is 1. The average molecular weight is 266 g/mol. The van der Waals surface area contributed by atoms with Crippen molar-refractivity contribution in [2.24, 2.45) is 5.41 Å². The van der Waals surface area contributed by atoms with E-state index in [9.17, 15) is 0 Å². The highest BCUT2D eigenvalue weighted by Gasteiger charge is 2.39. The number of fused-ring (bicyclic) bond motifs is 1. The summed E-state index contributed by atoms with van der Waals surface area (Å²) >= 11 is 0. The van der Waals surface area contributed by atoms with Gasteiger partial charge in [0.1, 0.15) is 0 Å². The first kappa shape index (κ1) is 13.8. The third-order valence-electron chi connectivity index (χ3n) is 5.70. The monoisotopic (exact) mass is 266 g/mol. The standard InChI is InChI=1S/C16H30N2O/c1-2-16(8-5-9-17-12-16)13-18-10-11-19-15-7-4-3-6-14(15)18/h14-15,17H,2-13H2,1H3. The molecular formula is C16H30N2O. The Hall–Kier alpha value is -0.120. The molecule has 2 saturated heterocycles. The Balaban J connectivity index is 1.66. The van der Waals surface area contributed by atoms with Crippen molar-refractivity contribution in [1.82, 2.24) is 10.2 Å². The van der Waals surface area contributed by atoms with Crippen LogP contribution >= 0.6 is 0 Å². The topological polar surface area (TPSA) is 24.5 Å². The first-order chi connectivity index (χ1) is 9.33. The lowest BCUT2D eigenvalue weighted by molar-refractivity contribution is -0.101. The van der Waals surface area contributed by atoms with E-state index in [0.717, 1.165) is 13.2 Å². The predicted octanol–water partition coefficient (Wildman–Crippen LogP) is 2.41. The molecule has 0 spiro atoms. The molecule has 1 aliphatic carbocycles. The molecule has 19 heavy (non-hydrogen) atoms. The molecule has 3 nitrogen and oxygen atoms in total. The van der Waals surface area contributed by atoms with Gasteiger partial charge in [0, 0.05) is 25.7 Å². The summed E-state index contributed by atoms with van der Waals surface area (Å²) in [5, 5.41) is 3.63. The Morgan fingerprint density at radius 3 is 2.95 bits per heavy atom. The van der Waals surface area contributed by atoms with Crippen molar-refractivity contribution < 1.29 is 4.74 Å². The van der Waals surface area contributed by atoms with Gasteiger partial charge in [0.2, 0.25) is 0 Å². The van der Waals surface area contributed by atoms with Gasteiger partial charge in [-0.1, -0.05) is 19.8 Å². The van der Waals surface area contributed by atoms with Crippen molar-refractivity contribution in [1.29, 1.82) is 0 Å². The maximum atomic E-state index is 6.01. The third-order valence-corrected chi connectivity index (χ3v) is 5.70. The van der Waals surface area contributed by atoms with E-state index in [-0.39, 0.29) is 0 Å². The summed E-state index contributed by atoms with van der Waals surface area (Å²) in [5.41, 5.74) is 0.525. The summed E-state index contributed by atoms with van der Waals surface area (Å²) in [7, 11) is 0. The zero-order chi connectivity index (χ0) is 13.1. The van der Waals surface area contributed by atoms with Crippen LogP contribution in [-0.4, -0.2) is 49.8 Å². The second-order valence-corrected chi connectivity index (χ2v) is 6.87. The summed E-state index contributed by atoms with van der Waals surface area (Å²) in [6.45, 7) is 8.22. The van der Waals surface area contributed by atoms with Gasteiger partial charge < -0.3 is 10.1 Å². The normalized spacial score (nSPS) is 40.9. The summed E-state index contributed by atoms with van der Waals surface area (Å²) in [4.78, 5) is 2.78. The largest absolute Gasteiger partial charge is 0.375 e. The first-order valence-corrected chi connectivity index (χ1v) is 8.39.